The van der Waals surface area contributed by atoms with E-state index in [1.54, 1.807) is 0 Å². The monoisotopic (exact) mass is 280 g/mol. The zero-order valence-electron chi connectivity index (χ0n) is 11.3. The lowest BCUT2D eigenvalue weighted by atomic mass is 9.94. The van der Waals surface area contributed by atoms with E-state index in [1.807, 2.05) is 20.8 Å². The van der Waals surface area contributed by atoms with Crippen LogP contribution in [0, 0.1) is 11.8 Å². The molecule has 0 rings (SSSR count). The van der Waals surface area contributed by atoms with E-state index in [9.17, 15) is 13.2 Å². The Kier molecular flexibility index (Phi) is 8.13. The van der Waals surface area contributed by atoms with Gasteiger partial charge in [-0.2, -0.15) is 8.42 Å². The molecule has 108 valence electrons. The van der Waals surface area contributed by atoms with E-state index in [4.69, 9.17) is 5.11 Å². The molecule has 0 radical (unpaired) electrons. The summed E-state index contributed by atoms with van der Waals surface area (Å²) in [7, 11) is -3.50. The molecule has 0 aromatic carbocycles. The third kappa shape index (κ3) is 9.38. The van der Waals surface area contributed by atoms with Crippen LogP contribution in [0.5, 0.6) is 0 Å². The molecule has 0 aromatic rings. The summed E-state index contributed by atoms with van der Waals surface area (Å²) in [6.07, 6.45) is 1.38. The maximum Gasteiger partial charge on any atom is 0.303 e. The van der Waals surface area contributed by atoms with Gasteiger partial charge in [0.1, 0.15) is 0 Å². The molecule has 0 heterocycles. The molecule has 0 bridgehead atoms. The number of nitrogens with one attached hydrogen (secondary N) is 2. The van der Waals surface area contributed by atoms with E-state index in [0.717, 1.165) is 0 Å². The number of rotatable bonds is 10. The number of hydrogen-bond acceptors (Lipinski definition) is 3. The van der Waals surface area contributed by atoms with Crippen molar-refractivity contribution in [2.45, 2.75) is 40.0 Å². The van der Waals surface area contributed by atoms with Gasteiger partial charge in [0.05, 0.1) is 0 Å². The molecular formula is C11H24N2O4S. The number of carbonyl (C=O) groups is 1. The molecule has 0 spiro atoms. The molecule has 0 saturated carbocycles. The Morgan fingerprint density at radius 3 is 2.33 bits per heavy atom. The molecule has 0 fully saturated rings. The molecular weight excluding hydrogens is 256 g/mol. The van der Waals surface area contributed by atoms with Crippen LogP contribution in [0.1, 0.15) is 40.0 Å². The molecule has 0 aliphatic heterocycles. The molecule has 0 aliphatic carbocycles. The third-order valence-corrected chi connectivity index (χ3v) is 3.50. The quantitative estimate of drug-likeness (QED) is 0.555. The van der Waals surface area contributed by atoms with Crippen molar-refractivity contribution in [2.75, 3.05) is 13.1 Å². The maximum absolute atomic E-state index is 11.5. The molecule has 1 atom stereocenters. The molecule has 6 nitrogen and oxygen atoms in total. The van der Waals surface area contributed by atoms with Gasteiger partial charge in [-0.05, 0) is 24.7 Å². The van der Waals surface area contributed by atoms with Crippen molar-refractivity contribution >= 4 is 16.2 Å². The van der Waals surface area contributed by atoms with Gasteiger partial charge in [0, 0.05) is 19.5 Å². The zero-order chi connectivity index (χ0) is 14.2. The first-order valence-corrected chi connectivity index (χ1v) is 7.71. The van der Waals surface area contributed by atoms with Gasteiger partial charge < -0.3 is 5.11 Å². The van der Waals surface area contributed by atoms with E-state index in [0.29, 0.717) is 25.3 Å². The molecule has 0 aromatic heterocycles. The van der Waals surface area contributed by atoms with Crippen molar-refractivity contribution in [3.8, 4) is 0 Å². The second-order valence-electron chi connectivity index (χ2n) is 4.84. The number of carboxylic acid groups (broad SMARTS) is 1. The summed E-state index contributed by atoms with van der Waals surface area (Å²) in [6, 6.07) is 0. The lowest BCUT2D eigenvalue weighted by Crippen LogP contribution is -2.40. The van der Waals surface area contributed by atoms with Gasteiger partial charge in [-0.15, -0.1) is 0 Å². The van der Waals surface area contributed by atoms with Gasteiger partial charge in [-0.1, -0.05) is 20.8 Å². The summed E-state index contributed by atoms with van der Waals surface area (Å²) in [5.41, 5.74) is 0. The van der Waals surface area contributed by atoms with Crippen molar-refractivity contribution < 1.29 is 18.3 Å². The van der Waals surface area contributed by atoms with E-state index < -0.39 is 16.2 Å². The van der Waals surface area contributed by atoms with E-state index in [2.05, 4.69) is 9.44 Å². The first-order chi connectivity index (χ1) is 8.26. The van der Waals surface area contributed by atoms with E-state index >= 15 is 0 Å². The first-order valence-electron chi connectivity index (χ1n) is 6.22. The van der Waals surface area contributed by atoms with Gasteiger partial charge in [-0.25, -0.2) is 9.44 Å². The van der Waals surface area contributed by atoms with Crippen molar-refractivity contribution in [2.24, 2.45) is 11.8 Å². The van der Waals surface area contributed by atoms with Crippen LogP contribution in [0.4, 0.5) is 0 Å². The Morgan fingerprint density at radius 1 is 1.28 bits per heavy atom. The van der Waals surface area contributed by atoms with Gasteiger partial charge in [0.15, 0.2) is 0 Å². The summed E-state index contributed by atoms with van der Waals surface area (Å²) < 4.78 is 27.8. The Labute approximate surface area is 109 Å². The Hall–Kier alpha value is -0.660. The number of aliphatic carboxylic acids is 1. The van der Waals surface area contributed by atoms with Gasteiger partial charge in [-0.3, -0.25) is 4.79 Å². The highest BCUT2D eigenvalue weighted by Crippen LogP contribution is 2.14. The van der Waals surface area contributed by atoms with Crippen LogP contribution in [-0.2, 0) is 15.0 Å². The summed E-state index contributed by atoms with van der Waals surface area (Å²) in [6.45, 7) is 6.37. The van der Waals surface area contributed by atoms with Crippen molar-refractivity contribution in [1.29, 1.82) is 0 Å². The van der Waals surface area contributed by atoms with Gasteiger partial charge >= 0.3 is 5.97 Å². The molecule has 0 amide bonds. The van der Waals surface area contributed by atoms with Gasteiger partial charge in [0.25, 0.3) is 10.2 Å². The molecule has 3 N–H and O–H groups in total. The van der Waals surface area contributed by atoms with E-state index in [1.165, 1.54) is 0 Å². The average molecular weight is 280 g/mol. The minimum Gasteiger partial charge on any atom is -0.481 e. The number of carboxylic acids is 1. The Balaban J connectivity index is 4.28. The predicted octanol–water partition coefficient (Wildman–Crippen LogP) is 0.957. The fraction of sp³-hybridized carbons (Fsp3) is 0.909. The maximum atomic E-state index is 11.5. The Morgan fingerprint density at radius 2 is 1.89 bits per heavy atom. The van der Waals surface area contributed by atoms with Crippen LogP contribution in [-0.4, -0.2) is 32.6 Å². The summed E-state index contributed by atoms with van der Waals surface area (Å²) in [5, 5.41) is 8.77. The normalized spacial score (nSPS) is 13.8. The molecule has 18 heavy (non-hydrogen) atoms. The lowest BCUT2D eigenvalue weighted by Gasteiger charge is -2.17. The SMILES string of the molecule is CCCNS(=O)(=O)NC[C@H](CC(=O)O)CC(C)C. The second kappa shape index (κ2) is 8.44. The van der Waals surface area contributed by atoms with Crippen LogP contribution in [0.3, 0.4) is 0 Å². The van der Waals surface area contributed by atoms with Crippen molar-refractivity contribution in [3.63, 3.8) is 0 Å². The second-order valence-corrected chi connectivity index (χ2v) is 6.42. The standard InChI is InChI=1S/C11H24N2O4S/c1-4-5-12-18(16,17)13-8-10(6-9(2)3)7-11(14)15/h9-10,12-13H,4-8H2,1-3H3,(H,14,15)/t10-/m0/s1. The van der Waals surface area contributed by atoms with Crippen LogP contribution in [0.2, 0.25) is 0 Å². The minimum absolute atomic E-state index is 0.0194. The van der Waals surface area contributed by atoms with Crippen molar-refractivity contribution in [3.05, 3.63) is 0 Å². The predicted molar refractivity (Wildman–Crippen MR) is 70.4 cm³/mol. The van der Waals surface area contributed by atoms with Crippen LogP contribution < -0.4 is 9.44 Å². The zero-order valence-corrected chi connectivity index (χ0v) is 12.1. The fourth-order valence-corrected chi connectivity index (χ4v) is 2.70. The smallest absolute Gasteiger partial charge is 0.303 e. The average Bonchev–Trinajstić information content (AvgIpc) is 2.22. The van der Waals surface area contributed by atoms with E-state index in [-0.39, 0.29) is 18.9 Å². The van der Waals surface area contributed by atoms with Crippen LogP contribution in [0.25, 0.3) is 0 Å². The molecule has 0 aliphatic rings. The van der Waals surface area contributed by atoms with Crippen LogP contribution in [0.15, 0.2) is 0 Å². The highest BCUT2D eigenvalue weighted by Gasteiger charge is 2.18. The highest BCUT2D eigenvalue weighted by atomic mass is 32.2. The summed E-state index contributed by atoms with van der Waals surface area (Å²) in [4.78, 5) is 10.7. The van der Waals surface area contributed by atoms with Gasteiger partial charge in [0.2, 0.25) is 0 Å². The number of hydrogen-bond donors (Lipinski definition) is 3. The topological polar surface area (TPSA) is 95.5 Å². The first kappa shape index (κ1) is 17.3. The molecule has 0 unspecified atom stereocenters. The van der Waals surface area contributed by atoms with Crippen LogP contribution >= 0.6 is 0 Å². The molecule has 0 saturated heterocycles. The minimum atomic E-state index is -3.50. The summed E-state index contributed by atoms with van der Waals surface area (Å²) >= 11 is 0. The Bertz CT molecular complexity index is 341. The molecule has 7 heteroatoms. The largest absolute Gasteiger partial charge is 0.481 e. The van der Waals surface area contributed by atoms with Crippen molar-refractivity contribution in [1.82, 2.24) is 9.44 Å². The lowest BCUT2D eigenvalue weighted by molar-refractivity contribution is -0.138. The third-order valence-electron chi connectivity index (χ3n) is 2.37. The summed E-state index contributed by atoms with van der Waals surface area (Å²) in [5.74, 6) is -0.746. The highest BCUT2D eigenvalue weighted by molar-refractivity contribution is 7.87. The fourth-order valence-electron chi connectivity index (χ4n) is 1.67.